The van der Waals surface area contributed by atoms with Crippen LogP contribution in [0.3, 0.4) is 0 Å². The van der Waals surface area contributed by atoms with Gasteiger partial charge < -0.3 is 10.6 Å². The fourth-order valence-corrected chi connectivity index (χ4v) is 4.94. The molecule has 7 nitrogen and oxygen atoms in total. The Morgan fingerprint density at radius 3 is 2.16 bits per heavy atom. The van der Waals surface area contributed by atoms with Crippen LogP contribution in [0.15, 0.2) is 72.8 Å². The average Bonchev–Trinajstić information content (AvgIpc) is 3.26. The molecule has 1 fully saturated rings. The van der Waals surface area contributed by atoms with Gasteiger partial charge in [-0.15, -0.1) is 5.10 Å². The van der Waals surface area contributed by atoms with Crippen molar-refractivity contribution in [1.82, 2.24) is 24.6 Å². The Balaban J connectivity index is 1.35. The first-order valence-electron chi connectivity index (χ1n) is 12.2. The summed E-state index contributed by atoms with van der Waals surface area (Å²) < 4.78 is 28.6. The summed E-state index contributed by atoms with van der Waals surface area (Å²) in [4.78, 5) is 14.1. The third kappa shape index (κ3) is 4.66. The molecule has 2 aromatic heterocycles. The largest absolute Gasteiger partial charge is 0.383 e. The standard InChI is InChI=1S/C28H24ClF2N7/c29-22-3-1-2-4-23(22)38-26(32)24-25(19-7-11-21(31)12-8-19)33-28(34-27(24)35-38)37-15-13-36(14-16-37)17-18-5-9-20(30)10-6-18/h1-12H,13-17,32H2. The minimum absolute atomic E-state index is 0.235. The van der Waals surface area contributed by atoms with Gasteiger partial charge in [-0.1, -0.05) is 35.9 Å². The van der Waals surface area contributed by atoms with Gasteiger partial charge in [-0.2, -0.15) is 4.98 Å². The van der Waals surface area contributed by atoms with Crippen molar-refractivity contribution in [3.63, 3.8) is 0 Å². The zero-order valence-electron chi connectivity index (χ0n) is 20.4. The van der Waals surface area contributed by atoms with Crippen LogP contribution in [-0.2, 0) is 6.54 Å². The summed E-state index contributed by atoms with van der Waals surface area (Å²) in [5.41, 5.74) is 10.00. The third-order valence-corrected chi connectivity index (χ3v) is 7.05. The van der Waals surface area contributed by atoms with E-state index in [1.165, 1.54) is 24.3 Å². The van der Waals surface area contributed by atoms with Crippen molar-refractivity contribution in [1.29, 1.82) is 0 Å². The number of piperazine rings is 1. The molecule has 1 saturated heterocycles. The predicted molar refractivity (Wildman–Crippen MR) is 145 cm³/mol. The number of para-hydroxylation sites is 1. The van der Waals surface area contributed by atoms with Gasteiger partial charge in [0.25, 0.3) is 0 Å². The zero-order valence-corrected chi connectivity index (χ0v) is 21.1. The zero-order chi connectivity index (χ0) is 26.2. The molecule has 3 heterocycles. The van der Waals surface area contributed by atoms with Crippen molar-refractivity contribution in [2.24, 2.45) is 0 Å². The Morgan fingerprint density at radius 1 is 0.816 bits per heavy atom. The number of nitrogens with zero attached hydrogens (tertiary/aromatic N) is 6. The van der Waals surface area contributed by atoms with E-state index in [-0.39, 0.29) is 11.6 Å². The maximum Gasteiger partial charge on any atom is 0.228 e. The highest BCUT2D eigenvalue weighted by Gasteiger charge is 2.24. The van der Waals surface area contributed by atoms with E-state index in [2.05, 4.69) is 9.80 Å². The molecule has 5 aromatic rings. The predicted octanol–water partition coefficient (Wildman–Crippen LogP) is 5.32. The summed E-state index contributed by atoms with van der Waals surface area (Å²) in [7, 11) is 0. The number of nitrogens with two attached hydrogens (primary N) is 1. The van der Waals surface area contributed by atoms with Gasteiger partial charge in [-0.25, -0.2) is 18.4 Å². The number of fused-ring (bicyclic) bond motifs is 1. The van der Waals surface area contributed by atoms with Crippen LogP contribution >= 0.6 is 11.6 Å². The Labute approximate surface area is 223 Å². The van der Waals surface area contributed by atoms with E-state index in [9.17, 15) is 8.78 Å². The SMILES string of the molecule is Nc1c2c(-c3ccc(F)cc3)nc(N3CCN(Cc4ccc(F)cc4)CC3)nc2nn1-c1ccccc1Cl. The molecule has 0 saturated carbocycles. The molecule has 1 aliphatic rings. The van der Waals surface area contributed by atoms with Gasteiger partial charge in [0, 0.05) is 38.3 Å². The molecule has 2 N–H and O–H groups in total. The van der Waals surface area contributed by atoms with E-state index >= 15 is 0 Å². The number of aromatic nitrogens is 4. The van der Waals surface area contributed by atoms with Crippen molar-refractivity contribution < 1.29 is 8.78 Å². The molecule has 1 aliphatic heterocycles. The second kappa shape index (κ2) is 10.00. The molecule has 6 rings (SSSR count). The Hall–Kier alpha value is -4.08. The number of rotatable bonds is 5. The summed E-state index contributed by atoms with van der Waals surface area (Å²) >= 11 is 6.44. The lowest BCUT2D eigenvalue weighted by molar-refractivity contribution is 0.248. The normalized spacial score (nSPS) is 14.3. The second-order valence-corrected chi connectivity index (χ2v) is 9.62. The van der Waals surface area contributed by atoms with Gasteiger partial charge in [-0.05, 0) is 54.1 Å². The van der Waals surface area contributed by atoms with Crippen molar-refractivity contribution >= 4 is 34.4 Å². The van der Waals surface area contributed by atoms with Gasteiger partial charge in [-0.3, -0.25) is 4.90 Å². The minimum Gasteiger partial charge on any atom is -0.383 e. The average molecular weight is 532 g/mol. The van der Waals surface area contributed by atoms with E-state index in [0.717, 1.165) is 25.2 Å². The molecule has 0 radical (unpaired) electrons. The smallest absolute Gasteiger partial charge is 0.228 e. The van der Waals surface area contributed by atoms with Gasteiger partial charge >= 0.3 is 0 Å². The summed E-state index contributed by atoms with van der Waals surface area (Å²) in [6.07, 6.45) is 0. The maximum absolute atomic E-state index is 13.7. The highest BCUT2D eigenvalue weighted by atomic mass is 35.5. The lowest BCUT2D eigenvalue weighted by Crippen LogP contribution is -2.46. The number of benzene rings is 3. The maximum atomic E-state index is 13.7. The Bertz CT molecular complexity index is 1590. The molecule has 0 spiro atoms. The Kier molecular flexibility index (Phi) is 6.39. The molecule has 0 unspecified atom stereocenters. The van der Waals surface area contributed by atoms with Crippen LogP contribution in [0.5, 0.6) is 0 Å². The molecule has 0 bridgehead atoms. The van der Waals surface area contributed by atoms with Crippen LogP contribution in [-0.4, -0.2) is 50.8 Å². The molecule has 3 aromatic carbocycles. The molecule has 0 aliphatic carbocycles. The number of anilines is 2. The van der Waals surface area contributed by atoms with Gasteiger partial charge in [0.1, 0.15) is 17.5 Å². The highest BCUT2D eigenvalue weighted by molar-refractivity contribution is 6.32. The molecule has 38 heavy (non-hydrogen) atoms. The van der Waals surface area contributed by atoms with Gasteiger partial charge in [0.05, 0.1) is 21.8 Å². The van der Waals surface area contributed by atoms with Crippen molar-refractivity contribution in [2.45, 2.75) is 6.54 Å². The first kappa shape index (κ1) is 24.3. The quantitative estimate of drug-likeness (QED) is 0.331. The molecule has 10 heteroatoms. The number of hydrogen-bond donors (Lipinski definition) is 1. The van der Waals surface area contributed by atoms with Crippen LogP contribution in [0.2, 0.25) is 5.02 Å². The molecule has 192 valence electrons. The minimum atomic E-state index is -0.337. The van der Waals surface area contributed by atoms with E-state index in [0.29, 0.717) is 57.9 Å². The van der Waals surface area contributed by atoms with Crippen molar-refractivity contribution in [2.75, 3.05) is 36.8 Å². The molecule has 0 amide bonds. The van der Waals surface area contributed by atoms with Crippen molar-refractivity contribution in [3.05, 3.63) is 95.0 Å². The molecular weight excluding hydrogens is 508 g/mol. The lowest BCUT2D eigenvalue weighted by atomic mass is 10.1. The first-order chi connectivity index (χ1) is 18.5. The van der Waals surface area contributed by atoms with Crippen molar-refractivity contribution in [3.8, 4) is 16.9 Å². The molecule has 0 atom stereocenters. The van der Waals surface area contributed by atoms with Crippen LogP contribution in [0.1, 0.15) is 5.56 Å². The summed E-state index contributed by atoms with van der Waals surface area (Å²) in [5, 5.41) is 5.77. The lowest BCUT2D eigenvalue weighted by Gasteiger charge is -2.34. The number of hydrogen-bond acceptors (Lipinski definition) is 6. The van der Waals surface area contributed by atoms with Gasteiger partial charge in [0.2, 0.25) is 5.95 Å². The third-order valence-electron chi connectivity index (χ3n) is 6.73. The van der Waals surface area contributed by atoms with Crippen LogP contribution in [0, 0.1) is 11.6 Å². The summed E-state index contributed by atoms with van der Waals surface area (Å²) in [6.45, 7) is 3.74. The van der Waals surface area contributed by atoms with E-state index in [1.54, 1.807) is 22.9 Å². The topological polar surface area (TPSA) is 76.1 Å². The Morgan fingerprint density at radius 2 is 1.47 bits per heavy atom. The van der Waals surface area contributed by atoms with E-state index in [4.69, 9.17) is 32.4 Å². The first-order valence-corrected chi connectivity index (χ1v) is 12.6. The van der Waals surface area contributed by atoms with Gasteiger partial charge in [0.15, 0.2) is 5.65 Å². The van der Waals surface area contributed by atoms with Crippen LogP contribution < -0.4 is 10.6 Å². The summed E-state index contributed by atoms with van der Waals surface area (Å²) in [6, 6.07) is 20.0. The van der Waals surface area contributed by atoms with E-state index in [1.807, 2.05) is 30.3 Å². The number of nitrogen functional groups attached to an aromatic ring is 1. The fraction of sp³-hybridized carbons (Fsp3) is 0.179. The van der Waals surface area contributed by atoms with Crippen LogP contribution in [0.25, 0.3) is 28.0 Å². The highest BCUT2D eigenvalue weighted by Crippen LogP contribution is 2.35. The van der Waals surface area contributed by atoms with Crippen LogP contribution in [0.4, 0.5) is 20.5 Å². The molecular formula is C28H24ClF2N7. The second-order valence-electron chi connectivity index (χ2n) is 9.22. The number of halogens is 3. The fourth-order valence-electron chi connectivity index (χ4n) is 4.72. The summed E-state index contributed by atoms with van der Waals surface area (Å²) in [5.74, 6) is 0.308. The van der Waals surface area contributed by atoms with E-state index < -0.39 is 0 Å². The monoisotopic (exact) mass is 531 g/mol.